The first-order valence-corrected chi connectivity index (χ1v) is 8.96. The van der Waals surface area contributed by atoms with Crippen LogP contribution in [0.25, 0.3) is 26.6 Å². The van der Waals surface area contributed by atoms with Gasteiger partial charge in [-0.15, -0.1) is 0 Å². The van der Waals surface area contributed by atoms with Crippen molar-refractivity contribution in [1.82, 2.24) is 14.8 Å². The molecule has 2 heterocycles. The number of para-hydroxylation sites is 1. The predicted molar refractivity (Wildman–Crippen MR) is 105 cm³/mol. The van der Waals surface area contributed by atoms with Crippen LogP contribution >= 0.6 is 11.3 Å². The van der Waals surface area contributed by atoms with Crippen molar-refractivity contribution in [1.29, 1.82) is 0 Å². The lowest BCUT2D eigenvalue weighted by Crippen LogP contribution is -2.17. The molecule has 0 aliphatic rings. The van der Waals surface area contributed by atoms with Crippen molar-refractivity contribution in [3.05, 3.63) is 70.5 Å². The highest BCUT2D eigenvalue weighted by Crippen LogP contribution is 2.25. The zero-order valence-corrected chi connectivity index (χ0v) is 14.6. The number of nitrogens with zero attached hydrogens (tertiary/aromatic N) is 3. The number of aromatic amines is 1. The molecule has 0 radical (unpaired) electrons. The molecule has 2 N–H and O–H groups in total. The maximum absolute atomic E-state index is 13.0. The van der Waals surface area contributed by atoms with E-state index < -0.39 is 0 Å². The van der Waals surface area contributed by atoms with E-state index >= 15 is 0 Å². The van der Waals surface area contributed by atoms with Crippen molar-refractivity contribution >= 4 is 27.8 Å². The van der Waals surface area contributed by atoms with E-state index in [-0.39, 0.29) is 18.7 Å². The van der Waals surface area contributed by atoms with Gasteiger partial charge in [0.25, 0.3) is 5.56 Å². The summed E-state index contributed by atoms with van der Waals surface area (Å²) in [5, 5.41) is 12.7. The van der Waals surface area contributed by atoms with Crippen molar-refractivity contribution in [2.75, 3.05) is 13.2 Å². The number of hydrogen-bond donors (Lipinski definition) is 2. The second kappa shape index (κ2) is 7.07. The van der Waals surface area contributed by atoms with Gasteiger partial charge in [-0.1, -0.05) is 53.8 Å². The van der Waals surface area contributed by atoms with Gasteiger partial charge in [-0.2, -0.15) is 4.68 Å². The van der Waals surface area contributed by atoms with Crippen molar-refractivity contribution < 1.29 is 5.11 Å². The molecule has 130 valence electrons. The van der Waals surface area contributed by atoms with Crippen LogP contribution in [0.2, 0.25) is 0 Å². The fourth-order valence-corrected chi connectivity index (χ4v) is 3.62. The first-order chi connectivity index (χ1) is 12.8. The van der Waals surface area contributed by atoms with Crippen molar-refractivity contribution in [2.45, 2.75) is 0 Å². The molecule has 26 heavy (non-hydrogen) atoms. The van der Waals surface area contributed by atoms with Gasteiger partial charge in [0, 0.05) is 11.8 Å². The van der Waals surface area contributed by atoms with Gasteiger partial charge in [0.15, 0.2) is 0 Å². The van der Waals surface area contributed by atoms with E-state index in [1.165, 1.54) is 22.2 Å². The van der Waals surface area contributed by atoms with Crippen molar-refractivity contribution in [2.24, 2.45) is 4.99 Å². The molecule has 0 aliphatic carbocycles. The van der Waals surface area contributed by atoms with Crippen molar-refractivity contribution in [3.8, 4) is 16.4 Å². The van der Waals surface area contributed by atoms with Gasteiger partial charge >= 0.3 is 0 Å². The summed E-state index contributed by atoms with van der Waals surface area (Å²) < 4.78 is 2.47. The molecule has 0 atom stereocenters. The van der Waals surface area contributed by atoms with Gasteiger partial charge in [0.05, 0.1) is 34.6 Å². The minimum Gasteiger partial charge on any atom is -0.394 e. The molecule has 2 aromatic carbocycles. The molecule has 0 saturated heterocycles. The number of rotatable bonds is 5. The van der Waals surface area contributed by atoms with E-state index in [0.717, 1.165) is 15.8 Å². The van der Waals surface area contributed by atoms with Crippen LogP contribution in [-0.2, 0) is 0 Å². The fourth-order valence-electron chi connectivity index (χ4n) is 2.70. The molecule has 6 nitrogen and oxygen atoms in total. The molecule has 4 aromatic rings. The summed E-state index contributed by atoms with van der Waals surface area (Å²) in [6.45, 7) is 0.188. The quantitative estimate of drug-likeness (QED) is 0.534. The average molecular weight is 364 g/mol. The Balaban J connectivity index is 1.89. The minimum atomic E-state index is -0.218. The van der Waals surface area contributed by atoms with Crippen LogP contribution in [0.15, 0.2) is 64.4 Å². The molecule has 2 aromatic heterocycles. The highest BCUT2D eigenvalue weighted by molar-refractivity contribution is 7.20. The third-order valence-corrected chi connectivity index (χ3v) is 4.93. The molecule has 0 spiro atoms. The average Bonchev–Trinajstić information content (AvgIpc) is 3.24. The van der Waals surface area contributed by atoms with Crippen LogP contribution in [0.5, 0.6) is 0 Å². The molecule has 7 heteroatoms. The van der Waals surface area contributed by atoms with E-state index in [0.29, 0.717) is 16.4 Å². The molecule has 0 fully saturated rings. The van der Waals surface area contributed by atoms with Crippen LogP contribution in [0.4, 0.5) is 0 Å². The molecule has 0 saturated carbocycles. The Morgan fingerprint density at radius 1 is 1.15 bits per heavy atom. The summed E-state index contributed by atoms with van der Waals surface area (Å²) in [5.74, 6) is 0. The second-order valence-electron chi connectivity index (χ2n) is 5.63. The molecule has 4 rings (SSSR count). The molecular weight excluding hydrogens is 348 g/mol. The number of aliphatic hydroxyl groups excluding tert-OH is 1. The molecule has 0 aliphatic heterocycles. The summed E-state index contributed by atoms with van der Waals surface area (Å²) in [7, 11) is 0. The third kappa shape index (κ3) is 2.98. The first kappa shape index (κ1) is 16.4. The number of benzene rings is 2. The van der Waals surface area contributed by atoms with Crippen LogP contribution in [0.1, 0.15) is 5.56 Å². The fraction of sp³-hybridized carbons (Fsp3) is 0.105. The van der Waals surface area contributed by atoms with Gasteiger partial charge in [-0.25, -0.2) is 4.98 Å². The zero-order valence-electron chi connectivity index (χ0n) is 13.8. The summed E-state index contributed by atoms with van der Waals surface area (Å²) >= 11 is 1.45. The molecule has 0 bridgehead atoms. The lowest BCUT2D eigenvalue weighted by Gasteiger charge is -1.99. The van der Waals surface area contributed by atoms with Crippen LogP contribution in [-0.4, -0.2) is 39.2 Å². The maximum atomic E-state index is 13.0. The zero-order chi connectivity index (χ0) is 17.9. The van der Waals surface area contributed by atoms with Gasteiger partial charge in [-0.3, -0.25) is 14.9 Å². The number of aliphatic hydroxyl groups is 1. The standard InChI is InChI=1S/C19H16N4O2S/c24-11-10-20-12-14-17(13-6-2-1-3-7-13)22-23(18(14)25)19-21-15-8-4-5-9-16(15)26-19/h1-9,12,22,24H,10-11H2. The Bertz CT molecular complexity index is 1090. The van der Waals surface area contributed by atoms with Gasteiger partial charge in [0.2, 0.25) is 5.13 Å². The molecule has 0 unspecified atom stereocenters. The SMILES string of the molecule is O=c1c(C=NCCO)c(-c2ccccc2)[nH]n1-c1nc2ccccc2s1. The summed E-state index contributed by atoms with van der Waals surface area (Å²) in [6, 6.07) is 17.4. The number of fused-ring (bicyclic) bond motifs is 1. The summed E-state index contributed by atoms with van der Waals surface area (Å²) in [5.41, 5.74) is 2.64. The second-order valence-corrected chi connectivity index (χ2v) is 6.64. The number of aromatic nitrogens is 3. The van der Waals surface area contributed by atoms with Crippen LogP contribution in [0.3, 0.4) is 0 Å². The maximum Gasteiger partial charge on any atom is 0.282 e. The van der Waals surface area contributed by atoms with Gasteiger partial charge in [-0.05, 0) is 12.1 Å². The summed E-state index contributed by atoms with van der Waals surface area (Å²) in [6.07, 6.45) is 1.52. The summed E-state index contributed by atoms with van der Waals surface area (Å²) in [4.78, 5) is 21.7. The highest BCUT2D eigenvalue weighted by Gasteiger charge is 2.17. The van der Waals surface area contributed by atoms with Crippen LogP contribution < -0.4 is 5.56 Å². The largest absolute Gasteiger partial charge is 0.394 e. The Labute approximate surface area is 153 Å². The van der Waals surface area contributed by atoms with E-state index in [9.17, 15) is 4.79 Å². The Kier molecular flexibility index (Phi) is 4.47. The smallest absolute Gasteiger partial charge is 0.282 e. The molecule has 0 amide bonds. The van der Waals surface area contributed by atoms with E-state index in [1.807, 2.05) is 54.6 Å². The number of hydrogen-bond acceptors (Lipinski definition) is 5. The highest BCUT2D eigenvalue weighted by atomic mass is 32.1. The Morgan fingerprint density at radius 3 is 2.69 bits per heavy atom. The number of aliphatic imine (C=N–C) groups is 1. The number of H-pyrrole nitrogens is 1. The minimum absolute atomic E-state index is 0.0619. The predicted octanol–water partition coefficient (Wildman–Crippen LogP) is 2.85. The Morgan fingerprint density at radius 2 is 1.92 bits per heavy atom. The first-order valence-electron chi connectivity index (χ1n) is 8.15. The lowest BCUT2D eigenvalue weighted by atomic mass is 10.1. The van der Waals surface area contributed by atoms with Gasteiger partial charge in [0.1, 0.15) is 0 Å². The normalized spacial score (nSPS) is 11.6. The van der Waals surface area contributed by atoms with Crippen LogP contribution in [0, 0.1) is 0 Å². The number of thiazole rings is 1. The topological polar surface area (TPSA) is 83.3 Å². The Hall–Kier alpha value is -3.03. The van der Waals surface area contributed by atoms with E-state index in [1.54, 1.807) is 0 Å². The van der Waals surface area contributed by atoms with Crippen molar-refractivity contribution in [3.63, 3.8) is 0 Å². The van der Waals surface area contributed by atoms with E-state index in [2.05, 4.69) is 15.1 Å². The number of nitrogens with one attached hydrogen (secondary N) is 1. The monoisotopic (exact) mass is 364 g/mol. The lowest BCUT2D eigenvalue weighted by molar-refractivity contribution is 0.307. The van der Waals surface area contributed by atoms with Gasteiger partial charge < -0.3 is 5.11 Å². The van der Waals surface area contributed by atoms with E-state index in [4.69, 9.17) is 5.11 Å². The molecular formula is C19H16N4O2S. The third-order valence-electron chi connectivity index (χ3n) is 3.91.